The van der Waals surface area contributed by atoms with Crippen LogP contribution in [0, 0.1) is 27.7 Å². The smallest absolute Gasteiger partial charge is 0.231 e. The third-order valence-corrected chi connectivity index (χ3v) is 9.90. The topological polar surface area (TPSA) is 116 Å². The minimum absolute atomic E-state index is 0.0362. The van der Waals surface area contributed by atoms with Gasteiger partial charge in [-0.05, 0) is 89.3 Å². The molecule has 48 heavy (non-hydrogen) atoms. The van der Waals surface area contributed by atoms with Crippen LogP contribution in [0.2, 0.25) is 0 Å². The van der Waals surface area contributed by atoms with Crippen LogP contribution in [0.15, 0.2) is 59.3 Å². The Morgan fingerprint density at radius 1 is 0.854 bits per heavy atom. The van der Waals surface area contributed by atoms with Crippen molar-refractivity contribution >= 4 is 33.8 Å². The van der Waals surface area contributed by atoms with Crippen molar-refractivity contribution < 1.29 is 9.15 Å². The molecule has 1 aliphatic heterocycles. The van der Waals surface area contributed by atoms with Gasteiger partial charge in [-0.1, -0.05) is 30.3 Å². The Morgan fingerprint density at radius 3 is 2.38 bits per heavy atom. The highest BCUT2D eigenvalue weighted by Crippen LogP contribution is 2.38. The van der Waals surface area contributed by atoms with Gasteiger partial charge < -0.3 is 24.4 Å². The highest BCUT2D eigenvalue weighted by Gasteiger charge is 2.35. The zero-order valence-corrected chi connectivity index (χ0v) is 28.4. The maximum Gasteiger partial charge on any atom is 0.231 e. The van der Waals surface area contributed by atoms with E-state index < -0.39 is 0 Å². The van der Waals surface area contributed by atoms with Crippen LogP contribution in [0.3, 0.4) is 0 Å². The summed E-state index contributed by atoms with van der Waals surface area (Å²) in [6, 6.07) is 18.1. The van der Waals surface area contributed by atoms with Crippen LogP contribution in [-0.2, 0) is 11.2 Å². The molecule has 0 radical (unpaired) electrons. The number of nitrogens with one attached hydrogen (secondary N) is 2. The summed E-state index contributed by atoms with van der Waals surface area (Å²) in [5, 5.41) is 8.17. The molecule has 1 saturated heterocycles. The second kappa shape index (κ2) is 12.0. The molecule has 2 fully saturated rings. The van der Waals surface area contributed by atoms with E-state index >= 15 is 0 Å². The van der Waals surface area contributed by atoms with Crippen molar-refractivity contribution in [3.05, 3.63) is 100 Å². The summed E-state index contributed by atoms with van der Waals surface area (Å²) < 4.78 is 14.3. The summed E-state index contributed by atoms with van der Waals surface area (Å²) in [7, 11) is 0. The van der Waals surface area contributed by atoms with Gasteiger partial charge >= 0.3 is 0 Å². The number of hydrogen-bond acceptors (Lipinski definition) is 9. The first-order valence-corrected chi connectivity index (χ1v) is 17.0. The van der Waals surface area contributed by atoms with Gasteiger partial charge in [0, 0.05) is 30.0 Å². The van der Waals surface area contributed by atoms with Crippen molar-refractivity contribution in [3.8, 4) is 0 Å². The Morgan fingerprint density at radius 2 is 1.60 bits per heavy atom. The first-order chi connectivity index (χ1) is 23.2. The van der Waals surface area contributed by atoms with Gasteiger partial charge in [0.1, 0.15) is 29.0 Å². The first-order valence-electron chi connectivity index (χ1n) is 17.0. The number of hydrogen-bond donors (Lipinski definition) is 2. The Kier molecular flexibility index (Phi) is 7.63. The van der Waals surface area contributed by atoms with Gasteiger partial charge in [-0.25, -0.2) is 19.9 Å². The lowest BCUT2D eigenvalue weighted by molar-refractivity contribution is -0.0761. The van der Waals surface area contributed by atoms with Crippen molar-refractivity contribution in [2.75, 3.05) is 17.2 Å². The van der Waals surface area contributed by atoms with Crippen LogP contribution in [0.5, 0.6) is 0 Å². The maximum absolute atomic E-state index is 6.18. The second-order valence-corrected chi connectivity index (χ2v) is 13.6. The number of benzene rings is 2. The highest BCUT2D eigenvalue weighted by atomic mass is 16.5. The highest BCUT2D eigenvalue weighted by molar-refractivity contribution is 5.86. The van der Waals surface area contributed by atoms with Crippen LogP contribution < -0.4 is 10.6 Å². The third-order valence-electron chi connectivity index (χ3n) is 9.90. The largest absolute Gasteiger partial charge is 0.443 e. The van der Waals surface area contributed by atoms with Crippen molar-refractivity contribution in [3.63, 3.8) is 0 Å². The van der Waals surface area contributed by atoms with Crippen LogP contribution in [0.1, 0.15) is 96.1 Å². The fraction of sp³-hybridized carbons (Fsp3) is 0.395. The average Bonchev–Trinajstić information content (AvgIpc) is 3.69. The fourth-order valence-corrected chi connectivity index (χ4v) is 6.91. The summed E-state index contributed by atoms with van der Waals surface area (Å²) in [5.41, 5.74) is 8.60. The number of aromatic nitrogens is 6. The Hall–Kier alpha value is -4.83. The van der Waals surface area contributed by atoms with Crippen LogP contribution in [0.4, 0.5) is 11.6 Å². The van der Waals surface area contributed by atoms with Crippen molar-refractivity contribution in [2.24, 2.45) is 0 Å². The molecule has 0 spiro atoms. The number of ether oxygens (including phenoxy) is 1. The number of furan rings is 1. The molecule has 0 amide bonds. The number of anilines is 2. The molecule has 8 rings (SSSR count). The minimum Gasteiger partial charge on any atom is -0.443 e. The second-order valence-electron chi connectivity index (χ2n) is 13.6. The van der Waals surface area contributed by atoms with E-state index in [0.29, 0.717) is 24.2 Å². The van der Waals surface area contributed by atoms with E-state index in [-0.39, 0.29) is 24.1 Å². The summed E-state index contributed by atoms with van der Waals surface area (Å²) in [4.78, 5) is 23.5. The number of nitrogens with zero attached hydrogens (tertiary/aromatic N) is 6. The molecule has 4 atom stereocenters. The number of imidazole rings is 1. The SMILES string of the molecule is Cc1nc(CC2OCC2c2cccc(C(C)Nc3nc(C)nc4oc(C)cc34)c2)c(C)c(NC(C)c2ccc3c(c2)ncn3C2CC2)n1. The molecule has 1 saturated carbocycles. The lowest BCUT2D eigenvalue weighted by Gasteiger charge is -2.38. The molecule has 2 aromatic carbocycles. The van der Waals surface area contributed by atoms with Crippen molar-refractivity contribution in [2.45, 2.75) is 91.0 Å². The zero-order valence-electron chi connectivity index (χ0n) is 28.4. The Balaban J connectivity index is 0.968. The molecule has 4 aromatic heterocycles. The molecule has 0 bridgehead atoms. The minimum atomic E-state index is 0.0362. The normalized spacial score (nSPS) is 19.0. The molecule has 1 aliphatic carbocycles. The predicted octanol–water partition coefficient (Wildman–Crippen LogP) is 8.00. The monoisotopic (exact) mass is 642 g/mol. The van der Waals surface area contributed by atoms with Gasteiger partial charge in [-0.2, -0.15) is 4.98 Å². The van der Waals surface area contributed by atoms with E-state index in [2.05, 4.69) is 93.4 Å². The van der Waals surface area contributed by atoms with Gasteiger partial charge in [0.25, 0.3) is 0 Å². The summed E-state index contributed by atoms with van der Waals surface area (Å²) >= 11 is 0. The fourth-order valence-electron chi connectivity index (χ4n) is 6.91. The summed E-state index contributed by atoms with van der Waals surface area (Å²) in [5.74, 6) is 4.19. The predicted molar refractivity (Wildman–Crippen MR) is 187 cm³/mol. The van der Waals surface area contributed by atoms with Gasteiger partial charge in [0.05, 0.1) is 47.2 Å². The third kappa shape index (κ3) is 5.78. The quantitative estimate of drug-likeness (QED) is 0.153. The Labute approximate surface area is 280 Å². The van der Waals surface area contributed by atoms with E-state index in [1.54, 1.807) is 0 Å². The van der Waals surface area contributed by atoms with Gasteiger partial charge in [-0.15, -0.1) is 0 Å². The van der Waals surface area contributed by atoms with Gasteiger partial charge in [0.2, 0.25) is 5.71 Å². The Bertz CT molecular complexity index is 2150. The molecule has 246 valence electrons. The van der Waals surface area contributed by atoms with Crippen LogP contribution in [-0.4, -0.2) is 42.2 Å². The van der Waals surface area contributed by atoms with E-state index in [4.69, 9.17) is 19.1 Å². The molecule has 5 heterocycles. The van der Waals surface area contributed by atoms with Gasteiger partial charge in [-0.3, -0.25) is 0 Å². The van der Waals surface area contributed by atoms with Gasteiger partial charge in [0.15, 0.2) is 0 Å². The molecule has 2 aliphatic rings. The molecule has 2 N–H and O–H groups in total. The molecular weight excluding hydrogens is 600 g/mol. The number of rotatable bonds is 10. The van der Waals surface area contributed by atoms with Crippen LogP contribution in [0.25, 0.3) is 22.1 Å². The molecular formula is C38H42N8O2. The van der Waals surface area contributed by atoms with Crippen molar-refractivity contribution in [1.82, 2.24) is 29.5 Å². The standard InChI is InChI=1S/C38H42N8O2/c1-20-14-30-37(44-25(6)45-38(30)48-20)41-22(3)26-8-7-9-28(15-26)31-18-47-35(31)17-32-21(2)36(43-24(5)42-32)40-23(4)27-10-13-34-33(16-27)39-19-46(34)29-11-12-29/h7-10,13-16,19,22-23,29,31,35H,11-12,17-18H2,1-6H3,(H,40,42,43)(H,41,44,45). The van der Waals surface area contributed by atoms with E-state index in [1.807, 2.05) is 33.2 Å². The zero-order chi connectivity index (χ0) is 33.1. The first kappa shape index (κ1) is 30.5. The van der Waals surface area contributed by atoms with E-state index in [1.165, 1.54) is 35.0 Å². The van der Waals surface area contributed by atoms with Crippen LogP contribution >= 0.6 is 0 Å². The molecule has 6 aromatic rings. The lowest BCUT2D eigenvalue weighted by Crippen LogP contribution is -2.39. The maximum atomic E-state index is 6.18. The average molecular weight is 643 g/mol. The number of aryl methyl sites for hydroxylation is 3. The molecule has 10 heteroatoms. The number of fused-ring (bicyclic) bond motifs is 2. The van der Waals surface area contributed by atoms with Crippen molar-refractivity contribution in [1.29, 1.82) is 0 Å². The molecule has 4 unspecified atom stereocenters. The van der Waals surface area contributed by atoms with E-state index in [0.717, 1.165) is 51.8 Å². The molecule has 10 nitrogen and oxygen atoms in total. The summed E-state index contributed by atoms with van der Waals surface area (Å²) in [6.45, 7) is 12.9. The summed E-state index contributed by atoms with van der Waals surface area (Å²) in [6.07, 6.45) is 5.25. The van der Waals surface area contributed by atoms with E-state index in [9.17, 15) is 0 Å². The lowest BCUT2D eigenvalue weighted by atomic mass is 9.85.